The highest BCUT2D eigenvalue weighted by molar-refractivity contribution is 5.89. The van der Waals surface area contributed by atoms with Crippen LogP contribution in [0.25, 0.3) is 0 Å². The lowest BCUT2D eigenvalue weighted by Crippen LogP contribution is -2.53. The van der Waals surface area contributed by atoms with Gasteiger partial charge in [0.25, 0.3) is 5.91 Å². The number of amides is 3. The molecule has 1 saturated carbocycles. The van der Waals surface area contributed by atoms with Crippen molar-refractivity contribution in [3.05, 3.63) is 24.3 Å². The fourth-order valence-electron chi connectivity index (χ4n) is 5.64. The average Bonchev–Trinajstić information content (AvgIpc) is 3.25. The van der Waals surface area contributed by atoms with Gasteiger partial charge in [-0.15, -0.1) is 13.2 Å². The second kappa shape index (κ2) is 10.9. The van der Waals surface area contributed by atoms with Crippen molar-refractivity contribution >= 4 is 17.7 Å². The third-order valence-electron chi connectivity index (χ3n) is 7.91. The van der Waals surface area contributed by atoms with E-state index in [0.717, 1.165) is 37.8 Å². The maximum atomic E-state index is 13.3. The van der Waals surface area contributed by atoms with E-state index in [4.69, 9.17) is 4.74 Å². The van der Waals surface area contributed by atoms with Gasteiger partial charge in [-0.25, -0.2) is 0 Å². The highest BCUT2D eigenvalue weighted by atomic mass is 19.4. The predicted molar refractivity (Wildman–Crippen MR) is 132 cm³/mol. The molecule has 2 N–H and O–H groups in total. The number of rotatable bonds is 8. The van der Waals surface area contributed by atoms with Gasteiger partial charge in [0, 0.05) is 18.0 Å². The van der Waals surface area contributed by atoms with Crippen molar-refractivity contribution in [2.75, 3.05) is 13.2 Å². The minimum atomic E-state index is -4.81. The zero-order valence-electron chi connectivity index (χ0n) is 22.0. The standard InChI is InChI=1S/C27H33F3N4O5/c1-25(2)11-8-17(23(36)33-25)12-18(14-31)32-24(37)21-13-26(9-3-10-26)16-34(21)22(35)15-38-19-4-6-20(7-5-19)39-27(28,29)30/h4-7,17-18,21H,3,8-13,15-16H2,1-2H3,(H,32,37)(H,33,36)/t17-,18-,21?/m0/s1. The number of nitrogens with zero attached hydrogens (tertiary/aromatic N) is 2. The number of hydrogen-bond donors (Lipinski definition) is 2. The molecule has 3 atom stereocenters. The molecule has 12 heteroatoms. The van der Waals surface area contributed by atoms with Crippen LogP contribution in [0.15, 0.2) is 24.3 Å². The van der Waals surface area contributed by atoms with E-state index in [0.29, 0.717) is 19.4 Å². The fourth-order valence-corrected chi connectivity index (χ4v) is 5.64. The van der Waals surface area contributed by atoms with E-state index in [2.05, 4.69) is 21.4 Å². The van der Waals surface area contributed by atoms with Crippen LogP contribution in [0.5, 0.6) is 11.5 Å². The first kappa shape index (κ1) is 28.5. The number of likely N-dealkylation sites (tertiary alicyclic amines) is 1. The van der Waals surface area contributed by atoms with Crippen LogP contribution in [-0.2, 0) is 14.4 Å². The van der Waals surface area contributed by atoms with Gasteiger partial charge in [0.05, 0.1) is 6.07 Å². The summed E-state index contributed by atoms with van der Waals surface area (Å²) >= 11 is 0. The lowest BCUT2D eigenvalue weighted by Gasteiger charge is -2.37. The smallest absolute Gasteiger partial charge is 0.484 e. The van der Waals surface area contributed by atoms with Crippen molar-refractivity contribution < 1.29 is 37.0 Å². The summed E-state index contributed by atoms with van der Waals surface area (Å²) in [6.07, 6.45) is 0.0192. The molecule has 0 radical (unpaired) electrons. The number of carbonyl (C=O) groups excluding carboxylic acids is 3. The Morgan fingerprint density at radius 1 is 1.21 bits per heavy atom. The fraction of sp³-hybridized carbons (Fsp3) is 0.630. The topological polar surface area (TPSA) is 121 Å². The summed E-state index contributed by atoms with van der Waals surface area (Å²) in [6.45, 7) is 3.86. The molecule has 2 heterocycles. The summed E-state index contributed by atoms with van der Waals surface area (Å²) in [4.78, 5) is 40.4. The van der Waals surface area contributed by atoms with Gasteiger partial charge in [0.15, 0.2) is 6.61 Å². The highest BCUT2D eigenvalue weighted by Gasteiger charge is 2.51. The van der Waals surface area contributed by atoms with Crippen molar-refractivity contribution in [3.63, 3.8) is 0 Å². The number of nitrogens with one attached hydrogen (secondary N) is 2. The number of benzene rings is 1. The van der Waals surface area contributed by atoms with Gasteiger partial charge in [-0.1, -0.05) is 6.42 Å². The molecule has 3 fully saturated rings. The molecule has 0 bridgehead atoms. The van der Waals surface area contributed by atoms with Crippen molar-refractivity contribution in [2.45, 2.75) is 82.8 Å². The monoisotopic (exact) mass is 550 g/mol. The lowest BCUT2D eigenvalue weighted by molar-refractivity contribution is -0.274. The minimum Gasteiger partial charge on any atom is -0.484 e. The quantitative estimate of drug-likeness (QED) is 0.512. The molecule has 212 valence electrons. The van der Waals surface area contributed by atoms with Gasteiger partial charge in [-0.2, -0.15) is 5.26 Å². The number of alkyl halides is 3. The Balaban J connectivity index is 1.36. The maximum Gasteiger partial charge on any atom is 0.573 e. The minimum absolute atomic E-state index is 0.137. The number of hydrogen-bond acceptors (Lipinski definition) is 6. The number of carbonyl (C=O) groups is 3. The van der Waals surface area contributed by atoms with E-state index < -0.39 is 42.6 Å². The molecule has 3 aliphatic rings. The summed E-state index contributed by atoms with van der Waals surface area (Å²) in [6, 6.07) is 5.11. The molecule has 1 unspecified atom stereocenters. The third-order valence-corrected chi connectivity index (χ3v) is 7.91. The second-order valence-electron chi connectivity index (χ2n) is 11.4. The molecule has 2 aliphatic heterocycles. The molecule has 2 saturated heterocycles. The molecule has 1 aliphatic carbocycles. The Labute approximate surface area is 225 Å². The molecule has 1 aromatic rings. The van der Waals surface area contributed by atoms with Crippen LogP contribution in [-0.4, -0.2) is 59.8 Å². The molecular weight excluding hydrogens is 517 g/mol. The van der Waals surface area contributed by atoms with E-state index >= 15 is 0 Å². The van der Waals surface area contributed by atoms with Gasteiger partial charge >= 0.3 is 6.36 Å². The van der Waals surface area contributed by atoms with Gasteiger partial charge in [0.2, 0.25) is 11.8 Å². The Morgan fingerprint density at radius 3 is 2.44 bits per heavy atom. The van der Waals surface area contributed by atoms with Crippen LogP contribution >= 0.6 is 0 Å². The van der Waals surface area contributed by atoms with E-state index in [9.17, 15) is 32.8 Å². The summed E-state index contributed by atoms with van der Waals surface area (Å²) < 4.78 is 46.4. The van der Waals surface area contributed by atoms with E-state index in [-0.39, 0.29) is 34.9 Å². The van der Waals surface area contributed by atoms with Crippen molar-refractivity contribution in [1.29, 1.82) is 5.26 Å². The van der Waals surface area contributed by atoms with Gasteiger partial charge in [-0.05, 0) is 82.1 Å². The van der Waals surface area contributed by atoms with Crippen molar-refractivity contribution in [2.24, 2.45) is 11.3 Å². The third kappa shape index (κ3) is 7.13. The summed E-state index contributed by atoms with van der Waals surface area (Å²) in [5, 5.41) is 15.4. The molecule has 39 heavy (non-hydrogen) atoms. The molecule has 4 rings (SSSR count). The summed E-state index contributed by atoms with van der Waals surface area (Å²) in [5.41, 5.74) is -0.451. The summed E-state index contributed by atoms with van der Waals surface area (Å²) in [5.74, 6) is -1.63. The Hall–Kier alpha value is -3.49. The van der Waals surface area contributed by atoms with Crippen LogP contribution in [0.3, 0.4) is 0 Å². The molecule has 1 spiro atoms. The lowest BCUT2D eigenvalue weighted by atomic mass is 9.67. The SMILES string of the molecule is CC1(C)CC[C@@H](C[C@@H](C#N)NC(=O)C2CC3(CCC3)CN2C(=O)COc2ccc(OC(F)(F)F)cc2)C(=O)N1. The van der Waals surface area contributed by atoms with Crippen molar-refractivity contribution in [3.8, 4) is 17.6 Å². The first-order chi connectivity index (χ1) is 18.3. The zero-order valence-corrected chi connectivity index (χ0v) is 22.0. The number of nitriles is 1. The number of halogens is 3. The largest absolute Gasteiger partial charge is 0.573 e. The van der Waals surface area contributed by atoms with Crippen LogP contribution in [0.2, 0.25) is 0 Å². The maximum absolute atomic E-state index is 13.3. The highest BCUT2D eigenvalue weighted by Crippen LogP contribution is 2.50. The molecular formula is C27H33F3N4O5. The average molecular weight is 551 g/mol. The number of piperidine rings is 1. The van der Waals surface area contributed by atoms with Crippen molar-refractivity contribution in [1.82, 2.24) is 15.5 Å². The normalized spacial score (nSPS) is 24.2. The number of ether oxygens (including phenoxy) is 2. The molecule has 3 amide bonds. The first-order valence-corrected chi connectivity index (χ1v) is 13.1. The molecule has 9 nitrogen and oxygen atoms in total. The van der Waals surface area contributed by atoms with E-state index in [1.54, 1.807) is 0 Å². The summed E-state index contributed by atoms with van der Waals surface area (Å²) in [7, 11) is 0. The Bertz CT molecular complexity index is 1130. The van der Waals surface area contributed by atoms with E-state index in [1.807, 2.05) is 13.8 Å². The first-order valence-electron chi connectivity index (χ1n) is 13.1. The molecule has 1 aromatic carbocycles. The van der Waals surface area contributed by atoms with Crippen LogP contribution in [0.1, 0.15) is 58.8 Å². The Kier molecular flexibility index (Phi) is 8.00. The van der Waals surface area contributed by atoms with Gasteiger partial charge < -0.3 is 25.0 Å². The molecule has 0 aromatic heterocycles. The zero-order chi connectivity index (χ0) is 28.4. The predicted octanol–water partition coefficient (Wildman–Crippen LogP) is 3.44. The van der Waals surface area contributed by atoms with Crippen LogP contribution < -0.4 is 20.1 Å². The second-order valence-corrected chi connectivity index (χ2v) is 11.4. The van der Waals surface area contributed by atoms with Crippen LogP contribution in [0.4, 0.5) is 13.2 Å². The van der Waals surface area contributed by atoms with Crippen LogP contribution in [0, 0.1) is 22.7 Å². The van der Waals surface area contributed by atoms with Gasteiger partial charge in [-0.3, -0.25) is 14.4 Å². The Morgan fingerprint density at radius 2 is 1.87 bits per heavy atom. The van der Waals surface area contributed by atoms with E-state index in [1.165, 1.54) is 17.0 Å². The van der Waals surface area contributed by atoms with Gasteiger partial charge in [0.1, 0.15) is 23.6 Å².